The molecule has 49 heavy (non-hydrogen) atoms. The molecule has 3 atom stereocenters. The zero-order chi connectivity index (χ0) is 36.1. The number of nitrogens with one attached hydrogen (secondary N) is 1. The number of unbranched alkanes of at least 4 members (excludes halogenated alkanes) is 15. The van der Waals surface area contributed by atoms with Crippen molar-refractivity contribution in [3.8, 4) is 0 Å². The number of aliphatic hydroxyl groups excluding tert-OH is 1. The van der Waals surface area contributed by atoms with E-state index in [0.717, 1.165) is 64.2 Å². The third-order valence-electron chi connectivity index (χ3n) is 8.07. The lowest BCUT2D eigenvalue weighted by Gasteiger charge is -2.23. The Labute approximate surface area is 300 Å². The zero-order valence-corrected chi connectivity index (χ0v) is 32.1. The van der Waals surface area contributed by atoms with Crippen LogP contribution in [0.5, 0.6) is 0 Å². The van der Waals surface area contributed by atoms with Gasteiger partial charge in [0.1, 0.15) is 0 Å². The summed E-state index contributed by atoms with van der Waals surface area (Å²) in [4.78, 5) is 22.5. The number of phosphoric ester groups is 1. The predicted octanol–water partition coefficient (Wildman–Crippen LogP) is 10.3. The molecule has 0 aromatic rings. The summed E-state index contributed by atoms with van der Waals surface area (Å²) in [5.74, 6) is -0.222. The molecule has 8 nitrogen and oxygen atoms in total. The van der Waals surface area contributed by atoms with E-state index in [0.29, 0.717) is 6.42 Å². The van der Waals surface area contributed by atoms with E-state index in [1.54, 1.807) is 6.08 Å². The number of hydrogen-bond acceptors (Lipinski definition) is 6. The summed E-state index contributed by atoms with van der Waals surface area (Å²) in [5, 5.41) is 13.5. The van der Waals surface area contributed by atoms with Crippen molar-refractivity contribution >= 4 is 13.7 Å². The number of carbonyl (C=O) groups is 1. The summed E-state index contributed by atoms with van der Waals surface area (Å²) < 4.78 is 22.0. The highest BCUT2D eigenvalue weighted by atomic mass is 31.2. The van der Waals surface area contributed by atoms with E-state index in [4.69, 9.17) is 14.8 Å². The number of hydrogen-bond donors (Lipinski definition) is 4. The van der Waals surface area contributed by atoms with Crippen LogP contribution in [-0.4, -0.2) is 47.8 Å². The molecule has 0 aromatic carbocycles. The maximum atomic E-state index is 12.7. The monoisotopic (exact) mass is 709 g/mol. The quantitative estimate of drug-likeness (QED) is 0.0293. The summed E-state index contributed by atoms with van der Waals surface area (Å²) >= 11 is 0. The average molecular weight is 709 g/mol. The van der Waals surface area contributed by atoms with E-state index in [-0.39, 0.29) is 25.7 Å². The Bertz CT molecular complexity index is 949. The molecule has 0 saturated carbocycles. The maximum Gasteiger partial charge on any atom is 0.472 e. The normalized spacial score (nSPS) is 15.0. The highest BCUT2D eigenvalue weighted by molar-refractivity contribution is 7.47. The molecule has 0 radical (unpaired) electrons. The molecule has 0 bridgehead atoms. The van der Waals surface area contributed by atoms with Crippen LogP contribution in [-0.2, 0) is 18.4 Å². The van der Waals surface area contributed by atoms with Gasteiger partial charge < -0.3 is 21.1 Å². The van der Waals surface area contributed by atoms with Gasteiger partial charge in [-0.3, -0.25) is 13.8 Å². The molecule has 9 heteroatoms. The molecule has 284 valence electrons. The molecule has 5 N–H and O–H groups in total. The van der Waals surface area contributed by atoms with E-state index in [1.165, 1.54) is 70.6 Å². The number of allylic oxidation sites excluding steroid dienone is 9. The summed E-state index contributed by atoms with van der Waals surface area (Å²) in [7, 11) is -4.34. The summed E-state index contributed by atoms with van der Waals surface area (Å²) in [6, 6.07) is -0.884. The van der Waals surface area contributed by atoms with Gasteiger partial charge in [0, 0.05) is 13.0 Å². The third kappa shape index (κ3) is 34.4. The molecule has 3 unspecified atom stereocenters. The van der Waals surface area contributed by atoms with Crippen LogP contribution in [0, 0.1) is 0 Å². The molecule has 1 amide bonds. The smallest absolute Gasteiger partial charge is 0.387 e. The minimum absolute atomic E-state index is 0.0686. The van der Waals surface area contributed by atoms with E-state index < -0.39 is 20.0 Å². The van der Waals surface area contributed by atoms with Crippen LogP contribution in [0.25, 0.3) is 0 Å². The van der Waals surface area contributed by atoms with Gasteiger partial charge in [-0.25, -0.2) is 4.57 Å². The highest BCUT2D eigenvalue weighted by Crippen LogP contribution is 2.43. The van der Waals surface area contributed by atoms with Crippen LogP contribution in [0.4, 0.5) is 0 Å². The molecule has 0 saturated heterocycles. The van der Waals surface area contributed by atoms with Crippen LogP contribution in [0.2, 0.25) is 0 Å². The SMILES string of the molecule is CCCCC/C=C/CC/C=C/C(O)C(COP(=O)(O)OCCN)NC(=O)CCCCCCCC/C=C\C/C=C\C/C=C\CCCCCCC. The first-order valence-corrected chi connectivity index (χ1v) is 20.9. The fraction of sp³-hybridized carbons (Fsp3) is 0.725. The predicted molar refractivity (Wildman–Crippen MR) is 207 cm³/mol. The van der Waals surface area contributed by atoms with Gasteiger partial charge in [0.2, 0.25) is 5.91 Å². The molecule has 0 spiro atoms. The Morgan fingerprint density at radius 1 is 0.673 bits per heavy atom. The number of nitrogens with two attached hydrogens (primary N) is 1. The van der Waals surface area contributed by atoms with Crippen molar-refractivity contribution < 1.29 is 28.4 Å². The van der Waals surface area contributed by atoms with Crippen molar-refractivity contribution in [1.82, 2.24) is 5.32 Å². The van der Waals surface area contributed by atoms with E-state index >= 15 is 0 Å². The van der Waals surface area contributed by atoms with Gasteiger partial charge in [0.25, 0.3) is 0 Å². The van der Waals surface area contributed by atoms with E-state index in [9.17, 15) is 19.4 Å². The van der Waals surface area contributed by atoms with Gasteiger partial charge in [-0.05, 0) is 70.6 Å². The molecule has 0 fully saturated rings. The van der Waals surface area contributed by atoms with Gasteiger partial charge in [0.15, 0.2) is 0 Å². The Morgan fingerprint density at radius 3 is 1.76 bits per heavy atom. The van der Waals surface area contributed by atoms with E-state index in [1.807, 2.05) is 6.08 Å². The largest absolute Gasteiger partial charge is 0.472 e. The Morgan fingerprint density at radius 2 is 1.14 bits per heavy atom. The Kier molecular flexibility index (Phi) is 34.7. The average Bonchev–Trinajstić information content (AvgIpc) is 3.09. The van der Waals surface area contributed by atoms with Gasteiger partial charge in [-0.1, -0.05) is 139 Å². The third-order valence-corrected chi connectivity index (χ3v) is 9.05. The Balaban J connectivity index is 4.24. The minimum Gasteiger partial charge on any atom is -0.387 e. The second-order valence-corrected chi connectivity index (χ2v) is 14.2. The molecule has 0 heterocycles. The molecular weight excluding hydrogens is 635 g/mol. The molecule has 0 rings (SSSR count). The van der Waals surface area contributed by atoms with Crippen LogP contribution >= 0.6 is 7.82 Å². The molecule has 0 aliphatic rings. The van der Waals surface area contributed by atoms with Gasteiger partial charge in [0.05, 0.1) is 25.4 Å². The lowest BCUT2D eigenvalue weighted by Crippen LogP contribution is -2.45. The van der Waals surface area contributed by atoms with Crippen molar-refractivity contribution in [2.24, 2.45) is 5.73 Å². The maximum absolute atomic E-state index is 12.7. The first kappa shape index (κ1) is 47.2. The van der Waals surface area contributed by atoms with Crippen LogP contribution in [0.15, 0.2) is 60.8 Å². The fourth-order valence-corrected chi connectivity index (χ4v) is 5.85. The summed E-state index contributed by atoms with van der Waals surface area (Å²) in [6.45, 7) is 4.01. The number of rotatable bonds is 35. The molecule has 0 aromatic heterocycles. The standard InChI is InChI=1S/C40H73N2O6P/c1-3-5-7-9-11-13-14-15-16-17-18-19-20-21-22-23-24-26-28-30-32-34-40(44)42-38(37-48-49(45,46)47-36-35-41)39(43)33-31-29-27-25-12-10-8-6-4-2/h12,14-15,17-18,20-21,25,31,33,38-39,43H,3-11,13,16,19,22-24,26-30,32,34-37,41H2,1-2H3,(H,42,44)(H,45,46)/b15-14-,18-17-,21-20-,25-12+,33-31+. The van der Waals surface area contributed by atoms with Crippen LogP contribution in [0.1, 0.15) is 155 Å². The van der Waals surface area contributed by atoms with Gasteiger partial charge in [-0.15, -0.1) is 0 Å². The van der Waals surface area contributed by atoms with Crippen molar-refractivity contribution in [2.45, 2.75) is 167 Å². The number of aliphatic hydroxyl groups is 1. The molecule has 0 aliphatic heterocycles. The molecular formula is C40H73N2O6P. The van der Waals surface area contributed by atoms with Crippen LogP contribution < -0.4 is 11.1 Å². The second-order valence-electron chi connectivity index (χ2n) is 12.8. The van der Waals surface area contributed by atoms with Crippen molar-refractivity contribution in [3.05, 3.63) is 60.8 Å². The first-order valence-electron chi connectivity index (χ1n) is 19.4. The van der Waals surface area contributed by atoms with Crippen molar-refractivity contribution in [3.63, 3.8) is 0 Å². The highest BCUT2D eigenvalue weighted by Gasteiger charge is 2.26. The van der Waals surface area contributed by atoms with E-state index in [2.05, 4.69) is 67.8 Å². The lowest BCUT2D eigenvalue weighted by atomic mass is 10.1. The number of carbonyl (C=O) groups excluding carboxylic acids is 1. The second kappa shape index (κ2) is 36.0. The first-order chi connectivity index (χ1) is 23.9. The van der Waals surface area contributed by atoms with Crippen molar-refractivity contribution in [1.29, 1.82) is 0 Å². The minimum atomic E-state index is -4.34. The fourth-order valence-electron chi connectivity index (χ4n) is 5.09. The van der Waals surface area contributed by atoms with Crippen LogP contribution in [0.3, 0.4) is 0 Å². The Hall–Kier alpha value is -1.80. The summed E-state index contributed by atoms with van der Waals surface area (Å²) in [6.07, 6.45) is 44.2. The van der Waals surface area contributed by atoms with Gasteiger partial charge >= 0.3 is 7.82 Å². The molecule has 0 aliphatic carbocycles. The summed E-state index contributed by atoms with van der Waals surface area (Å²) in [5.41, 5.74) is 5.34. The number of amides is 1. The zero-order valence-electron chi connectivity index (χ0n) is 31.2. The topological polar surface area (TPSA) is 131 Å². The lowest BCUT2D eigenvalue weighted by molar-refractivity contribution is -0.123. The van der Waals surface area contributed by atoms with Crippen molar-refractivity contribution in [2.75, 3.05) is 19.8 Å². The number of phosphoric acid groups is 1. The van der Waals surface area contributed by atoms with Gasteiger partial charge in [-0.2, -0.15) is 0 Å².